The Morgan fingerprint density at radius 2 is 1.64 bits per heavy atom. The van der Waals surface area contributed by atoms with E-state index in [2.05, 4.69) is 61.8 Å². The Hall–Kier alpha value is -3.11. The van der Waals surface area contributed by atoms with Crippen LogP contribution < -0.4 is 5.32 Å². The second-order valence-electron chi connectivity index (χ2n) is 8.68. The second-order valence-corrected chi connectivity index (χ2v) is 9.09. The molecule has 0 saturated heterocycles. The Kier molecular flexibility index (Phi) is 6.85. The highest BCUT2D eigenvalue weighted by Crippen LogP contribution is 2.26. The van der Waals surface area contributed by atoms with E-state index in [-0.39, 0.29) is 5.91 Å². The number of aromatic nitrogens is 2. The van der Waals surface area contributed by atoms with Crippen LogP contribution in [0.1, 0.15) is 50.4 Å². The number of rotatable bonds is 7. The van der Waals surface area contributed by atoms with Crippen molar-refractivity contribution in [1.29, 1.82) is 0 Å². The van der Waals surface area contributed by atoms with E-state index in [1.54, 1.807) is 12.1 Å². The molecule has 0 aliphatic carbocycles. The van der Waals surface area contributed by atoms with Crippen molar-refractivity contribution in [2.75, 3.05) is 6.54 Å². The van der Waals surface area contributed by atoms with E-state index in [1.165, 1.54) is 27.8 Å². The van der Waals surface area contributed by atoms with E-state index in [1.807, 2.05) is 18.2 Å². The van der Waals surface area contributed by atoms with Gasteiger partial charge in [0.2, 0.25) is 0 Å². The van der Waals surface area contributed by atoms with Gasteiger partial charge in [0.05, 0.1) is 21.6 Å². The standard InChI is InChI=1S/C28H30ClN3O/c1-18-16-19(2)21(4)23(20(18)3)17-32-26-13-8-7-12-25(26)31-27(32)14-9-15-30-28(33)22-10-5-6-11-24(22)29/h5-8,10-13,16H,9,14-15,17H2,1-4H3,(H,30,33). The molecule has 0 unspecified atom stereocenters. The van der Waals surface area contributed by atoms with E-state index in [0.29, 0.717) is 17.1 Å². The molecule has 1 N–H and O–H groups in total. The van der Waals surface area contributed by atoms with E-state index < -0.39 is 0 Å². The summed E-state index contributed by atoms with van der Waals surface area (Å²) >= 11 is 6.14. The van der Waals surface area contributed by atoms with Crippen LogP contribution in [-0.4, -0.2) is 22.0 Å². The predicted molar refractivity (Wildman–Crippen MR) is 136 cm³/mol. The highest BCUT2D eigenvalue weighted by atomic mass is 35.5. The molecule has 5 heteroatoms. The lowest BCUT2D eigenvalue weighted by molar-refractivity contribution is 0.0953. The molecule has 4 nitrogen and oxygen atoms in total. The lowest BCUT2D eigenvalue weighted by atomic mass is 9.94. The molecule has 0 fully saturated rings. The number of aryl methyl sites for hydroxylation is 3. The first-order valence-corrected chi connectivity index (χ1v) is 11.8. The number of carbonyl (C=O) groups excluding carboxylic acids is 1. The summed E-state index contributed by atoms with van der Waals surface area (Å²) < 4.78 is 2.33. The number of benzene rings is 3. The van der Waals surface area contributed by atoms with Gasteiger partial charge in [0.25, 0.3) is 5.91 Å². The summed E-state index contributed by atoms with van der Waals surface area (Å²) in [6.07, 6.45) is 1.57. The summed E-state index contributed by atoms with van der Waals surface area (Å²) in [5.74, 6) is 0.900. The minimum Gasteiger partial charge on any atom is -0.352 e. The lowest BCUT2D eigenvalue weighted by Crippen LogP contribution is -2.25. The topological polar surface area (TPSA) is 46.9 Å². The van der Waals surface area contributed by atoms with Crippen molar-refractivity contribution in [3.05, 3.63) is 98.8 Å². The lowest BCUT2D eigenvalue weighted by Gasteiger charge is -2.18. The minimum atomic E-state index is -0.143. The minimum absolute atomic E-state index is 0.143. The number of para-hydroxylation sites is 2. The Balaban J connectivity index is 1.54. The van der Waals surface area contributed by atoms with E-state index >= 15 is 0 Å². The van der Waals surface area contributed by atoms with Gasteiger partial charge in [0, 0.05) is 19.5 Å². The normalized spacial score (nSPS) is 11.2. The van der Waals surface area contributed by atoms with Crippen LogP contribution in [0.15, 0.2) is 54.6 Å². The number of hydrogen-bond acceptors (Lipinski definition) is 2. The maximum Gasteiger partial charge on any atom is 0.252 e. The zero-order valence-electron chi connectivity index (χ0n) is 19.7. The Morgan fingerprint density at radius 1 is 0.970 bits per heavy atom. The highest BCUT2D eigenvalue weighted by molar-refractivity contribution is 6.33. The van der Waals surface area contributed by atoms with Crippen LogP contribution in [0.5, 0.6) is 0 Å². The first-order valence-electron chi connectivity index (χ1n) is 11.4. The van der Waals surface area contributed by atoms with Gasteiger partial charge in [-0.25, -0.2) is 4.98 Å². The first kappa shape index (κ1) is 23.1. The zero-order valence-corrected chi connectivity index (χ0v) is 20.5. The summed E-state index contributed by atoms with van der Waals surface area (Å²) in [5, 5.41) is 3.45. The van der Waals surface area contributed by atoms with Gasteiger partial charge >= 0.3 is 0 Å². The third-order valence-corrected chi connectivity index (χ3v) is 6.88. The first-order chi connectivity index (χ1) is 15.9. The molecule has 0 spiro atoms. The fourth-order valence-electron chi connectivity index (χ4n) is 4.38. The molecule has 1 amide bonds. The van der Waals surface area contributed by atoms with Crippen molar-refractivity contribution in [2.45, 2.75) is 47.1 Å². The monoisotopic (exact) mass is 459 g/mol. The number of imidazole rings is 1. The molecule has 3 aromatic carbocycles. The molecule has 0 bridgehead atoms. The van der Waals surface area contributed by atoms with Gasteiger partial charge in [-0.3, -0.25) is 4.79 Å². The average molecular weight is 460 g/mol. The van der Waals surface area contributed by atoms with Crippen molar-refractivity contribution in [3.63, 3.8) is 0 Å². The number of nitrogens with one attached hydrogen (secondary N) is 1. The largest absolute Gasteiger partial charge is 0.352 e. The van der Waals surface area contributed by atoms with Crippen molar-refractivity contribution in [1.82, 2.24) is 14.9 Å². The van der Waals surface area contributed by atoms with Gasteiger partial charge in [-0.05, 0) is 86.2 Å². The second kappa shape index (κ2) is 9.80. The molecule has 1 aromatic heterocycles. The van der Waals surface area contributed by atoms with Crippen LogP contribution in [0.25, 0.3) is 11.0 Å². The van der Waals surface area contributed by atoms with Crippen LogP contribution in [0.4, 0.5) is 0 Å². The quantitative estimate of drug-likeness (QED) is 0.328. The molecular formula is C28H30ClN3O. The van der Waals surface area contributed by atoms with E-state index in [0.717, 1.165) is 36.2 Å². The number of carbonyl (C=O) groups is 1. The van der Waals surface area contributed by atoms with E-state index in [4.69, 9.17) is 16.6 Å². The maximum atomic E-state index is 12.4. The maximum absolute atomic E-state index is 12.4. The third kappa shape index (κ3) is 4.81. The fraction of sp³-hybridized carbons (Fsp3) is 0.286. The van der Waals surface area contributed by atoms with Crippen molar-refractivity contribution >= 4 is 28.5 Å². The van der Waals surface area contributed by atoms with Gasteiger partial charge in [-0.1, -0.05) is 41.9 Å². The van der Waals surface area contributed by atoms with E-state index in [9.17, 15) is 4.79 Å². The number of amides is 1. The van der Waals surface area contributed by atoms with Crippen molar-refractivity contribution < 1.29 is 4.79 Å². The molecule has 4 rings (SSSR count). The average Bonchev–Trinajstić information content (AvgIpc) is 3.15. The Labute approximate surface area is 200 Å². The van der Waals surface area contributed by atoms with Crippen LogP contribution in [0, 0.1) is 27.7 Å². The molecule has 4 aromatic rings. The summed E-state index contributed by atoms with van der Waals surface area (Å²) in [6, 6.07) is 17.7. The molecule has 0 aliphatic rings. The highest BCUT2D eigenvalue weighted by Gasteiger charge is 2.15. The van der Waals surface area contributed by atoms with Crippen LogP contribution in [0.3, 0.4) is 0 Å². The smallest absolute Gasteiger partial charge is 0.252 e. The molecule has 0 aliphatic heterocycles. The molecule has 1 heterocycles. The summed E-state index contributed by atoms with van der Waals surface area (Å²) in [4.78, 5) is 17.4. The zero-order chi connectivity index (χ0) is 23.5. The summed E-state index contributed by atoms with van der Waals surface area (Å²) in [7, 11) is 0. The van der Waals surface area contributed by atoms with Gasteiger partial charge in [0.1, 0.15) is 5.82 Å². The summed E-state index contributed by atoms with van der Waals surface area (Å²) in [5.41, 5.74) is 9.35. The van der Waals surface area contributed by atoms with Crippen LogP contribution in [-0.2, 0) is 13.0 Å². The fourth-order valence-corrected chi connectivity index (χ4v) is 4.60. The van der Waals surface area contributed by atoms with Crippen LogP contribution >= 0.6 is 11.6 Å². The van der Waals surface area contributed by atoms with Crippen molar-refractivity contribution in [3.8, 4) is 0 Å². The molecule has 0 saturated carbocycles. The van der Waals surface area contributed by atoms with Crippen LogP contribution in [0.2, 0.25) is 5.02 Å². The third-order valence-electron chi connectivity index (χ3n) is 6.55. The SMILES string of the molecule is Cc1cc(C)c(C)c(Cn2c(CCCNC(=O)c3ccccc3Cl)nc3ccccc32)c1C. The molecule has 170 valence electrons. The Bertz CT molecular complexity index is 1300. The molecule has 0 radical (unpaired) electrons. The number of fused-ring (bicyclic) bond motifs is 1. The van der Waals surface area contributed by atoms with Crippen molar-refractivity contribution in [2.24, 2.45) is 0 Å². The predicted octanol–water partition coefficient (Wildman–Crippen LogP) is 6.33. The number of halogens is 1. The molecule has 0 atom stereocenters. The summed E-state index contributed by atoms with van der Waals surface area (Å²) in [6.45, 7) is 10.1. The number of hydrogen-bond donors (Lipinski definition) is 1. The number of nitrogens with zero attached hydrogens (tertiary/aromatic N) is 2. The van der Waals surface area contributed by atoms with Gasteiger partial charge in [0.15, 0.2) is 0 Å². The Morgan fingerprint density at radius 3 is 2.36 bits per heavy atom. The molecule has 33 heavy (non-hydrogen) atoms. The molecular weight excluding hydrogens is 430 g/mol. The van der Waals surface area contributed by atoms with Gasteiger partial charge in [-0.15, -0.1) is 0 Å². The van der Waals surface area contributed by atoms with Gasteiger partial charge in [-0.2, -0.15) is 0 Å². The van der Waals surface area contributed by atoms with Gasteiger partial charge < -0.3 is 9.88 Å².